The van der Waals surface area contributed by atoms with Gasteiger partial charge in [0, 0.05) is 34.5 Å². The molecule has 0 saturated heterocycles. The van der Waals surface area contributed by atoms with Gasteiger partial charge in [0.2, 0.25) is 0 Å². The zero-order valence-corrected chi connectivity index (χ0v) is 43.9. The lowest BCUT2D eigenvalue weighted by atomic mass is 9.51. The van der Waals surface area contributed by atoms with Crippen LogP contribution in [0.15, 0.2) is 273 Å². The molecular weight excluding hydrogens is 929 g/mol. The van der Waals surface area contributed by atoms with Crippen molar-refractivity contribution < 1.29 is 0 Å². The minimum Gasteiger partial charge on any atom is -0.338 e. The van der Waals surface area contributed by atoms with Gasteiger partial charge >= 0.3 is 0 Å². The third-order valence-corrected chi connectivity index (χ3v) is 17.8. The molecule has 2 atom stereocenters. The summed E-state index contributed by atoms with van der Waals surface area (Å²) in [6.07, 6.45) is 14.8. The van der Waals surface area contributed by atoms with E-state index >= 15 is 0 Å². The average Bonchev–Trinajstić information content (AvgIpc) is 4.00. The summed E-state index contributed by atoms with van der Waals surface area (Å²) in [5, 5.41) is 0. The number of allylic oxidation sites excluding steroid dienone is 8. The van der Waals surface area contributed by atoms with Gasteiger partial charge in [-0.1, -0.05) is 214 Å². The Bertz CT molecular complexity index is 3850. The highest BCUT2D eigenvalue weighted by Gasteiger charge is 2.60. The van der Waals surface area contributed by atoms with Gasteiger partial charge in [-0.15, -0.1) is 0 Å². The number of para-hydroxylation sites is 3. The molecule has 0 radical (unpaired) electrons. The molecule has 9 aromatic carbocycles. The summed E-state index contributed by atoms with van der Waals surface area (Å²) in [6.45, 7) is 11.8. The van der Waals surface area contributed by atoms with Gasteiger partial charge in [-0.2, -0.15) is 0 Å². The maximum Gasteiger partial charge on any atom is 0.0714 e. The van der Waals surface area contributed by atoms with E-state index in [1.807, 2.05) is 6.08 Å². The van der Waals surface area contributed by atoms with Gasteiger partial charge in [-0.3, -0.25) is 0 Å². The lowest BCUT2D eigenvalue weighted by Gasteiger charge is -2.50. The standard InChI is InChI=1S/C75H62N2/c1-4-23-61-52(3)74(67-34-19-17-32-63(61)67)70-36-21-22-37-71(70)75(68-35-20-18-33-64(68)66-48-51(2)38-46-69(66)75)72-47-41-54(49-73(72)74)65-50-60(77(57-28-13-7-14-29-57)58-30-15-8-16-31-58)44-45-62(65)53-39-42-59(43-40-53)76(55-24-9-5-10-25-55)56-26-11-6-12-27-56/h4-7,9-14,17-29,32-37,39-45,47-50,58H,1,3,8,15-16,30-31,38,46H2,2H3/b61-23+. The van der Waals surface area contributed by atoms with Crippen LogP contribution in [0.3, 0.4) is 0 Å². The number of nitrogens with zero attached hydrogens (tertiary/aromatic N) is 2. The Morgan fingerprint density at radius 3 is 1.64 bits per heavy atom. The smallest absolute Gasteiger partial charge is 0.0714 e. The van der Waals surface area contributed by atoms with Gasteiger partial charge in [0.25, 0.3) is 0 Å². The first kappa shape index (κ1) is 46.8. The third kappa shape index (κ3) is 7.15. The topological polar surface area (TPSA) is 6.48 Å². The van der Waals surface area contributed by atoms with E-state index in [2.05, 4.69) is 260 Å². The number of benzene rings is 9. The van der Waals surface area contributed by atoms with Gasteiger partial charge in [-0.25, -0.2) is 0 Å². The number of anilines is 5. The molecule has 0 bridgehead atoms. The van der Waals surface area contributed by atoms with E-state index in [9.17, 15) is 0 Å². The second kappa shape index (κ2) is 18.8. The predicted molar refractivity (Wildman–Crippen MR) is 324 cm³/mol. The number of hydrogen-bond donors (Lipinski definition) is 0. The molecule has 2 spiro atoms. The highest BCUT2D eigenvalue weighted by Crippen LogP contribution is 2.68. The quantitative estimate of drug-likeness (QED) is 0.142. The van der Waals surface area contributed by atoms with Gasteiger partial charge < -0.3 is 9.80 Å². The maximum absolute atomic E-state index is 5.20. The van der Waals surface area contributed by atoms with Crippen LogP contribution in [-0.2, 0) is 10.8 Å². The van der Waals surface area contributed by atoms with Crippen molar-refractivity contribution in [1.82, 2.24) is 0 Å². The fourth-order valence-corrected chi connectivity index (χ4v) is 14.6. The van der Waals surface area contributed by atoms with Crippen molar-refractivity contribution in [3.63, 3.8) is 0 Å². The van der Waals surface area contributed by atoms with Crippen LogP contribution in [0.25, 0.3) is 33.4 Å². The second-order valence-electron chi connectivity index (χ2n) is 21.9. The molecule has 2 nitrogen and oxygen atoms in total. The summed E-state index contributed by atoms with van der Waals surface area (Å²) >= 11 is 0. The van der Waals surface area contributed by atoms with Gasteiger partial charge in [0.05, 0.1) is 10.8 Å². The molecular formula is C75H62N2. The molecule has 0 heterocycles. The zero-order chi connectivity index (χ0) is 51.7. The summed E-state index contributed by atoms with van der Waals surface area (Å²) in [7, 11) is 0. The molecule has 14 rings (SSSR count). The van der Waals surface area contributed by atoms with Crippen LogP contribution in [0.1, 0.15) is 96.4 Å². The van der Waals surface area contributed by atoms with Crippen LogP contribution in [0.5, 0.6) is 0 Å². The van der Waals surface area contributed by atoms with Gasteiger partial charge in [-0.05, 0) is 188 Å². The molecule has 0 aromatic heterocycles. The average molecular weight is 991 g/mol. The summed E-state index contributed by atoms with van der Waals surface area (Å²) in [4.78, 5) is 5.00. The molecule has 77 heavy (non-hydrogen) atoms. The summed E-state index contributed by atoms with van der Waals surface area (Å²) < 4.78 is 0. The van der Waals surface area contributed by atoms with E-state index in [-0.39, 0.29) is 0 Å². The van der Waals surface area contributed by atoms with E-state index < -0.39 is 10.8 Å². The molecule has 2 unspecified atom stereocenters. The summed E-state index contributed by atoms with van der Waals surface area (Å²) in [6, 6.07) is 84.9. The summed E-state index contributed by atoms with van der Waals surface area (Å²) in [5.41, 5.74) is 26.5. The van der Waals surface area contributed by atoms with Gasteiger partial charge in [0.15, 0.2) is 0 Å². The van der Waals surface area contributed by atoms with Crippen molar-refractivity contribution in [1.29, 1.82) is 0 Å². The monoisotopic (exact) mass is 990 g/mol. The minimum atomic E-state index is -0.687. The molecule has 1 saturated carbocycles. The van der Waals surface area contributed by atoms with Crippen molar-refractivity contribution in [3.05, 3.63) is 317 Å². The maximum atomic E-state index is 5.20. The van der Waals surface area contributed by atoms with Crippen LogP contribution >= 0.6 is 0 Å². The Balaban J connectivity index is 1.05. The van der Waals surface area contributed by atoms with Crippen molar-refractivity contribution in [2.75, 3.05) is 9.80 Å². The minimum absolute atomic E-state index is 0.403. The molecule has 0 aliphatic heterocycles. The highest BCUT2D eigenvalue weighted by molar-refractivity contribution is 6.00. The predicted octanol–water partition coefficient (Wildman–Crippen LogP) is 19.6. The van der Waals surface area contributed by atoms with Crippen molar-refractivity contribution in [2.45, 2.75) is 68.7 Å². The number of fused-ring (bicyclic) bond motifs is 12. The molecule has 0 amide bonds. The van der Waals surface area contributed by atoms with Crippen LogP contribution in [0.2, 0.25) is 0 Å². The normalized spacial score (nSPS) is 19.6. The second-order valence-corrected chi connectivity index (χ2v) is 21.9. The third-order valence-electron chi connectivity index (χ3n) is 17.8. The SMILES string of the molecule is C=C/C=C1\C(=C)C2(c3ccccc31)c1ccccc1C1(C3=C(C=C(C)CC3)c3ccccc31)c1ccc(-c3cc(N(c4ccccc4)C4CCCCC4)ccc3-c3ccc(N(c4ccccc4)c4ccccc4)cc3)cc12. The van der Waals surface area contributed by atoms with Crippen molar-refractivity contribution >= 4 is 39.6 Å². The Morgan fingerprint density at radius 1 is 0.442 bits per heavy atom. The van der Waals surface area contributed by atoms with Crippen molar-refractivity contribution in [2.24, 2.45) is 0 Å². The molecule has 5 aliphatic carbocycles. The molecule has 5 aliphatic rings. The Labute approximate surface area is 455 Å². The van der Waals surface area contributed by atoms with Gasteiger partial charge in [0.1, 0.15) is 0 Å². The highest BCUT2D eigenvalue weighted by atomic mass is 15.2. The van der Waals surface area contributed by atoms with E-state index in [1.165, 1.54) is 127 Å². The first-order valence-corrected chi connectivity index (χ1v) is 27.9. The Kier molecular flexibility index (Phi) is 11.4. The van der Waals surface area contributed by atoms with Crippen LogP contribution in [0.4, 0.5) is 28.4 Å². The molecule has 9 aromatic rings. The first-order valence-electron chi connectivity index (χ1n) is 27.9. The fraction of sp³-hybridized carbons (Fsp3) is 0.147. The van der Waals surface area contributed by atoms with Crippen molar-refractivity contribution in [3.8, 4) is 22.3 Å². The lowest BCUT2D eigenvalue weighted by Crippen LogP contribution is -2.44. The molecule has 1 fully saturated rings. The lowest BCUT2D eigenvalue weighted by molar-refractivity contribution is 0.436. The first-order chi connectivity index (χ1) is 38.0. The van der Waals surface area contributed by atoms with E-state index in [0.29, 0.717) is 6.04 Å². The van der Waals surface area contributed by atoms with E-state index in [0.717, 1.165) is 41.1 Å². The number of rotatable bonds is 9. The zero-order valence-electron chi connectivity index (χ0n) is 43.9. The van der Waals surface area contributed by atoms with Crippen LogP contribution in [-0.4, -0.2) is 6.04 Å². The molecule has 372 valence electrons. The molecule has 2 heteroatoms. The Morgan fingerprint density at radius 2 is 0.974 bits per heavy atom. The molecule has 0 N–H and O–H groups in total. The van der Waals surface area contributed by atoms with Crippen LogP contribution in [0, 0.1) is 0 Å². The largest absolute Gasteiger partial charge is 0.338 e. The fourth-order valence-electron chi connectivity index (χ4n) is 14.6. The van der Waals surface area contributed by atoms with E-state index in [1.54, 1.807) is 0 Å². The van der Waals surface area contributed by atoms with E-state index in [4.69, 9.17) is 6.58 Å². The summed E-state index contributed by atoms with van der Waals surface area (Å²) in [5.74, 6) is 0. The number of hydrogen-bond acceptors (Lipinski definition) is 2. The van der Waals surface area contributed by atoms with Crippen LogP contribution < -0.4 is 9.80 Å². The Hall–Kier alpha value is -8.72.